The molecule has 12 rings (SSSR count). The van der Waals surface area contributed by atoms with Gasteiger partial charge in [-0.1, -0.05) is 0 Å². The Bertz CT molecular complexity index is 4320. The second-order valence-electron chi connectivity index (χ2n) is 24.8. The molecule has 0 unspecified atom stereocenters. The Hall–Kier alpha value is -7.58. The van der Waals surface area contributed by atoms with Crippen molar-refractivity contribution in [3.05, 3.63) is 180 Å². The van der Waals surface area contributed by atoms with Gasteiger partial charge in [-0.05, 0) is 311 Å². The van der Waals surface area contributed by atoms with Gasteiger partial charge in [-0.3, -0.25) is 8.80 Å². The molecule has 0 atom stereocenters. The molecule has 10 heterocycles. The zero-order chi connectivity index (χ0) is 65.3. The lowest BCUT2D eigenvalue weighted by atomic mass is 9.97. The van der Waals surface area contributed by atoms with Crippen LogP contribution in [0, 0.1) is 222 Å². The van der Waals surface area contributed by atoms with E-state index in [2.05, 4.69) is 263 Å². The first kappa shape index (κ1) is 66.9. The number of thiazole rings is 1. The van der Waals surface area contributed by atoms with Gasteiger partial charge in [0.1, 0.15) is 17.1 Å². The Morgan fingerprint density at radius 3 is 0.954 bits per heavy atom. The molecule has 0 saturated carbocycles. The van der Waals surface area contributed by atoms with Crippen molar-refractivity contribution in [1.29, 1.82) is 0 Å². The van der Waals surface area contributed by atoms with Crippen LogP contribution in [0.25, 0.3) is 44.1 Å². The Morgan fingerprint density at radius 1 is 0.241 bits per heavy atom. The number of aromatic nitrogens is 13. The number of hydrogen-bond donors (Lipinski definition) is 0. The van der Waals surface area contributed by atoms with Crippen LogP contribution in [0.1, 0.15) is 180 Å². The van der Waals surface area contributed by atoms with E-state index in [4.69, 9.17) is 0 Å². The molecule has 462 valence electrons. The fourth-order valence-electron chi connectivity index (χ4n) is 11.9. The highest BCUT2D eigenvalue weighted by atomic mass is 32.1. The first-order valence-electron chi connectivity index (χ1n) is 30.6. The predicted molar refractivity (Wildman–Crippen MR) is 368 cm³/mol. The maximum atomic E-state index is 4.64. The molecular weight excluding hydrogens is 1090 g/mol. The summed E-state index contributed by atoms with van der Waals surface area (Å²) in [5, 5.41) is 1.16. The van der Waals surface area contributed by atoms with E-state index in [0.717, 1.165) is 73.4 Å². The highest BCUT2D eigenvalue weighted by molar-refractivity contribution is 7.18. The van der Waals surface area contributed by atoms with Gasteiger partial charge in [0.25, 0.3) is 0 Å². The third-order valence-electron chi connectivity index (χ3n) is 20.2. The molecule has 2 aromatic carbocycles. The average Bonchev–Trinajstić information content (AvgIpc) is 2.01. The van der Waals surface area contributed by atoms with Crippen LogP contribution in [-0.4, -0.2) is 62.0 Å². The molecule has 0 aliphatic rings. The van der Waals surface area contributed by atoms with Crippen LogP contribution in [0.15, 0.2) is 0 Å². The second-order valence-corrected chi connectivity index (χ2v) is 26.0. The number of benzene rings is 2. The molecule has 87 heavy (non-hydrogen) atoms. The molecule has 12 aromatic rings. The van der Waals surface area contributed by atoms with Crippen LogP contribution in [0.4, 0.5) is 0 Å². The maximum Gasteiger partial charge on any atom is 0.234 e. The van der Waals surface area contributed by atoms with E-state index in [0.29, 0.717) is 0 Å². The van der Waals surface area contributed by atoms with Gasteiger partial charge in [-0.15, -0.1) is 11.3 Å². The SMILES string of the molecule is Cc1c(C)c(C)c2c(nc(C)n2C)c1C.Cc1nc2c(C)c(C)c(C)c(C)c2s1.Cc1nc2c(C)c(C)c(C)c(C)n2c1C.Cc1nc2c(C)c(C)c(C)c(C)n2c1C.Cc1nc2nc(C)c(C)n2c(C)c1C.Cc1nc2nc(C)c(C)n2c(C)c1C. The monoisotopic (exact) mass is 1190 g/mol. The Labute approximate surface area is 522 Å². The topological polar surface area (TPSA) is 126 Å². The van der Waals surface area contributed by atoms with Crippen LogP contribution in [0.5, 0.6) is 0 Å². The van der Waals surface area contributed by atoms with Crippen LogP contribution < -0.4 is 0 Å². The number of nitrogens with zero attached hydrogens (tertiary/aromatic N) is 13. The van der Waals surface area contributed by atoms with Gasteiger partial charge in [0.2, 0.25) is 11.6 Å². The summed E-state index contributed by atoms with van der Waals surface area (Å²) >= 11 is 1.80. The van der Waals surface area contributed by atoms with Crippen LogP contribution in [0.3, 0.4) is 0 Å². The normalized spacial score (nSPS) is 11.3. The van der Waals surface area contributed by atoms with Gasteiger partial charge in [-0.2, -0.15) is 0 Å². The summed E-state index contributed by atoms with van der Waals surface area (Å²) in [6.07, 6.45) is 0. The van der Waals surface area contributed by atoms with Gasteiger partial charge < -0.3 is 13.4 Å². The lowest BCUT2D eigenvalue weighted by molar-refractivity contribution is 0.882. The van der Waals surface area contributed by atoms with Crippen molar-refractivity contribution in [2.45, 2.75) is 222 Å². The fourth-order valence-corrected chi connectivity index (χ4v) is 12.9. The maximum absolute atomic E-state index is 4.64. The summed E-state index contributed by atoms with van der Waals surface area (Å²) < 4.78 is 12.3. The van der Waals surface area contributed by atoms with Crippen LogP contribution in [-0.2, 0) is 7.05 Å². The van der Waals surface area contributed by atoms with Gasteiger partial charge >= 0.3 is 0 Å². The summed E-state index contributed by atoms with van der Waals surface area (Å²) in [6, 6.07) is 0. The number of rotatable bonds is 0. The highest BCUT2D eigenvalue weighted by Gasteiger charge is 2.19. The van der Waals surface area contributed by atoms with E-state index < -0.39 is 0 Å². The summed E-state index contributed by atoms with van der Waals surface area (Å²) in [7, 11) is 2.09. The Kier molecular flexibility index (Phi) is 19.4. The summed E-state index contributed by atoms with van der Waals surface area (Å²) in [4.78, 5) is 36.3. The van der Waals surface area contributed by atoms with E-state index in [1.54, 1.807) is 11.3 Å². The molecule has 0 radical (unpaired) electrons. The van der Waals surface area contributed by atoms with E-state index in [1.807, 2.05) is 27.7 Å². The van der Waals surface area contributed by atoms with Crippen molar-refractivity contribution < 1.29 is 0 Å². The number of pyridine rings is 2. The molecule has 10 aromatic heterocycles. The highest BCUT2D eigenvalue weighted by Crippen LogP contribution is 2.33. The minimum Gasteiger partial charge on any atom is -0.331 e. The molecule has 0 spiro atoms. The van der Waals surface area contributed by atoms with E-state index in [-0.39, 0.29) is 0 Å². The quantitative estimate of drug-likeness (QED) is 0.147. The van der Waals surface area contributed by atoms with Crippen molar-refractivity contribution in [1.82, 2.24) is 62.0 Å². The average molecular weight is 1190 g/mol. The lowest BCUT2D eigenvalue weighted by Gasteiger charge is -2.12. The summed E-state index contributed by atoms with van der Waals surface area (Å²) in [5.41, 5.74) is 44.0. The van der Waals surface area contributed by atoms with Crippen LogP contribution >= 0.6 is 11.3 Å². The first-order valence-corrected chi connectivity index (χ1v) is 31.4. The number of aryl methyl sites for hydroxylation is 23. The van der Waals surface area contributed by atoms with Crippen molar-refractivity contribution in [3.63, 3.8) is 0 Å². The van der Waals surface area contributed by atoms with Gasteiger partial charge in [0.15, 0.2) is 0 Å². The Morgan fingerprint density at radius 2 is 0.552 bits per heavy atom. The number of imidazole rings is 5. The third kappa shape index (κ3) is 11.9. The van der Waals surface area contributed by atoms with Gasteiger partial charge in [0, 0.05) is 64.0 Å². The van der Waals surface area contributed by atoms with Crippen molar-refractivity contribution in [3.8, 4) is 0 Å². The number of hydrogen-bond acceptors (Lipinski definition) is 9. The predicted octanol–water partition coefficient (Wildman–Crippen LogP) is 17.9. The van der Waals surface area contributed by atoms with Crippen molar-refractivity contribution in [2.75, 3.05) is 0 Å². The van der Waals surface area contributed by atoms with Crippen LogP contribution in [0.2, 0.25) is 0 Å². The smallest absolute Gasteiger partial charge is 0.234 e. The summed E-state index contributed by atoms with van der Waals surface area (Å²) in [6.45, 7) is 68.1. The summed E-state index contributed by atoms with van der Waals surface area (Å²) in [5.74, 6) is 2.72. The molecule has 0 saturated heterocycles. The second kappa shape index (κ2) is 25.3. The van der Waals surface area contributed by atoms with E-state index >= 15 is 0 Å². The molecule has 14 heteroatoms. The zero-order valence-electron chi connectivity index (χ0n) is 59.2. The standard InChI is InChI=1S/3C13H18N2.C12H15NS.2C11H15N3/c2*1-7-8(2)11(5)15-12(6)10(4)14-13(15)9(7)3;1-7-8(2)10(4)13-12(9(7)3)14-11(5)15(13)6;1-6-7(2)9(4)12-11(8(6)3)13-10(5)14-12;2*1-6-7(2)12-11-13-8(3)10(5)14(11)9(6)4/h3*1-6H3;3*1-5H3. The van der Waals surface area contributed by atoms with Gasteiger partial charge in [0.05, 0.1) is 49.0 Å². The number of fused-ring (bicyclic) bond motifs is 6. The molecule has 0 aliphatic heterocycles. The molecule has 0 bridgehead atoms. The molecule has 0 fully saturated rings. The van der Waals surface area contributed by atoms with Crippen molar-refractivity contribution >= 4 is 55.4 Å². The van der Waals surface area contributed by atoms with E-state index in [9.17, 15) is 0 Å². The Balaban J connectivity index is 0.000000149. The van der Waals surface area contributed by atoms with Crippen molar-refractivity contribution in [2.24, 2.45) is 7.05 Å². The molecule has 0 N–H and O–H groups in total. The molecule has 0 amide bonds. The third-order valence-corrected chi connectivity index (χ3v) is 21.3. The molecular formula is C73H99N13S. The lowest BCUT2D eigenvalue weighted by Crippen LogP contribution is -2.02. The largest absolute Gasteiger partial charge is 0.331 e. The minimum atomic E-state index is 0.820. The zero-order valence-corrected chi connectivity index (χ0v) is 60.0. The van der Waals surface area contributed by atoms with E-state index in [1.165, 1.54) is 150 Å². The van der Waals surface area contributed by atoms with Gasteiger partial charge in [-0.25, -0.2) is 39.9 Å². The first-order chi connectivity index (χ1) is 40.4. The minimum absolute atomic E-state index is 0.820. The fraction of sp³-hybridized carbons (Fsp3) is 0.452. The molecule has 0 aliphatic carbocycles. The molecule has 13 nitrogen and oxygen atoms in total.